The number of hydrogen-bond donors (Lipinski definition) is 1. The second-order valence-electron chi connectivity index (χ2n) is 5.36. The number of imide groups is 1. The smallest absolute Gasteiger partial charge is 0.325 e. The lowest BCUT2D eigenvalue weighted by atomic mass is 9.92. The third-order valence-electron chi connectivity index (χ3n) is 3.54. The first-order valence-corrected chi connectivity index (χ1v) is 7.22. The summed E-state index contributed by atoms with van der Waals surface area (Å²) in [5, 5.41) is 3.28. The molecular formula is C14H15Cl2N3O3. The molecular weight excluding hydrogens is 329 g/mol. The molecule has 0 radical (unpaired) electrons. The van der Waals surface area contributed by atoms with E-state index in [-0.39, 0.29) is 17.5 Å². The molecule has 1 atom stereocenters. The Kier molecular flexibility index (Phi) is 4.35. The lowest BCUT2D eigenvalue weighted by Crippen LogP contribution is -2.43. The van der Waals surface area contributed by atoms with Crippen LogP contribution in [0.4, 0.5) is 4.79 Å². The molecule has 0 aromatic heterocycles. The maximum absolute atomic E-state index is 12.6. The zero-order valence-electron chi connectivity index (χ0n) is 12.3. The second kappa shape index (κ2) is 5.78. The van der Waals surface area contributed by atoms with Crippen LogP contribution in [0.15, 0.2) is 18.2 Å². The van der Waals surface area contributed by atoms with Gasteiger partial charge in [0, 0.05) is 29.7 Å². The van der Waals surface area contributed by atoms with Gasteiger partial charge in [-0.2, -0.15) is 0 Å². The summed E-state index contributed by atoms with van der Waals surface area (Å²) < 4.78 is 0. The van der Waals surface area contributed by atoms with Crippen molar-refractivity contribution in [1.29, 1.82) is 0 Å². The minimum Gasteiger partial charge on any atom is -0.347 e. The third-order valence-corrected chi connectivity index (χ3v) is 4.08. The molecule has 1 aromatic rings. The van der Waals surface area contributed by atoms with Gasteiger partial charge in [-0.1, -0.05) is 29.3 Å². The number of hydrogen-bond acceptors (Lipinski definition) is 3. The van der Waals surface area contributed by atoms with Crippen molar-refractivity contribution in [3.05, 3.63) is 33.8 Å². The second-order valence-corrected chi connectivity index (χ2v) is 6.20. The Morgan fingerprint density at radius 2 is 1.95 bits per heavy atom. The Labute approximate surface area is 138 Å². The predicted molar refractivity (Wildman–Crippen MR) is 82.8 cm³/mol. The van der Waals surface area contributed by atoms with E-state index >= 15 is 0 Å². The van der Waals surface area contributed by atoms with Crippen LogP contribution in [0.2, 0.25) is 10.0 Å². The topological polar surface area (TPSA) is 69.7 Å². The van der Waals surface area contributed by atoms with Crippen molar-refractivity contribution < 1.29 is 14.4 Å². The van der Waals surface area contributed by atoms with Gasteiger partial charge in [0.1, 0.15) is 12.1 Å². The average Bonchev–Trinajstić information content (AvgIpc) is 2.62. The molecule has 6 nitrogen and oxygen atoms in total. The minimum atomic E-state index is -1.33. The molecule has 8 heteroatoms. The average molecular weight is 344 g/mol. The molecule has 0 aliphatic carbocycles. The van der Waals surface area contributed by atoms with Gasteiger partial charge in [0.05, 0.1) is 0 Å². The molecule has 0 unspecified atom stereocenters. The van der Waals surface area contributed by atoms with Gasteiger partial charge >= 0.3 is 6.03 Å². The fourth-order valence-corrected chi connectivity index (χ4v) is 2.79. The summed E-state index contributed by atoms with van der Waals surface area (Å²) in [5.74, 6) is -0.883. The summed E-state index contributed by atoms with van der Waals surface area (Å²) in [5.41, 5.74) is -0.901. The number of halogens is 2. The van der Waals surface area contributed by atoms with E-state index in [2.05, 4.69) is 5.32 Å². The summed E-state index contributed by atoms with van der Waals surface area (Å²) >= 11 is 12.0. The Bertz CT molecular complexity index is 663. The number of rotatable bonds is 3. The van der Waals surface area contributed by atoms with E-state index in [9.17, 15) is 14.4 Å². The maximum atomic E-state index is 12.6. The number of amides is 4. The molecule has 1 heterocycles. The molecule has 1 aromatic carbocycles. The van der Waals surface area contributed by atoms with Gasteiger partial charge in [-0.3, -0.25) is 14.5 Å². The first-order valence-electron chi connectivity index (χ1n) is 6.46. The molecule has 0 saturated carbocycles. The Hall–Kier alpha value is -1.79. The van der Waals surface area contributed by atoms with Gasteiger partial charge in [0.15, 0.2) is 0 Å². The Morgan fingerprint density at radius 1 is 1.32 bits per heavy atom. The van der Waals surface area contributed by atoms with Gasteiger partial charge in [-0.25, -0.2) is 4.79 Å². The predicted octanol–water partition coefficient (Wildman–Crippen LogP) is 1.85. The van der Waals surface area contributed by atoms with Crippen molar-refractivity contribution in [3.8, 4) is 0 Å². The van der Waals surface area contributed by atoms with Crippen molar-refractivity contribution in [2.45, 2.75) is 12.5 Å². The van der Waals surface area contributed by atoms with Gasteiger partial charge in [0.2, 0.25) is 5.91 Å². The monoisotopic (exact) mass is 343 g/mol. The van der Waals surface area contributed by atoms with Gasteiger partial charge < -0.3 is 10.2 Å². The number of urea groups is 1. The highest BCUT2D eigenvalue weighted by molar-refractivity contribution is 6.35. The van der Waals surface area contributed by atoms with E-state index in [1.54, 1.807) is 33.2 Å². The van der Waals surface area contributed by atoms with Crippen LogP contribution in [0.5, 0.6) is 0 Å². The minimum absolute atomic E-state index is 0.268. The van der Waals surface area contributed by atoms with E-state index in [0.29, 0.717) is 10.6 Å². The zero-order chi connectivity index (χ0) is 16.7. The van der Waals surface area contributed by atoms with Crippen molar-refractivity contribution in [2.24, 2.45) is 0 Å². The molecule has 22 heavy (non-hydrogen) atoms. The Morgan fingerprint density at radius 3 is 2.50 bits per heavy atom. The normalized spacial score (nSPS) is 21.0. The van der Waals surface area contributed by atoms with Gasteiger partial charge in [-0.15, -0.1) is 0 Å². The first-order chi connectivity index (χ1) is 10.2. The lowest BCUT2D eigenvalue weighted by molar-refractivity contribution is -0.137. The van der Waals surface area contributed by atoms with Crippen molar-refractivity contribution in [3.63, 3.8) is 0 Å². The molecule has 1 fully saturated rings. The standard InChI is InChI=1S/C14H15Cl2N3O3/c1-14(9-5-4-8(15)6-10(9)16)12(21)19(13(22)17-14)7-11(20)18(2)3/h4-6H,7H2,1-3H3,(H,17,22)/t14-/m1/s1. The van der Waals surface area contributed by atoms with Crippen LogP contribution >= 0.6 is 23.2 Å². The number of likely N-dealkylation sites (N-methyl/N-ethyl adjacent to an activating group) is 1. The number of carbonyl (C=O) groups is 3. The summed E-state index contributed by atoms with van der Waals surface area (Å²) in [7, 11) is 3.10. The third kappa shape index (κ3) is 2.76. The SMILES string of the molecule is CN(C)C(=O)CN1C(=O)N[C@](C)(c2ccc(Cl)cc2Cl)C1=O. The highest BCUT2D eigenvalue weighted by Crippen LogP contribution is 2.34. The molecule has 118 valence electrons. The van der Waals surface area contributed by atoms with Gasteiger partial charge in [-0.05, 0) is 19.1 Å². The number of carbonyl (C=O) groups excluding carboxylic acids is 3. The van der Waals surface area contributed by atoms with Crippen LogP contribution in [0.3, 0.4) is 0 Å². The van der Waals surface area contributed by atoms with Crippen LogP contribution in [0, 0.1) is 0 Å². The number of benzene rings is 1. The van der Waals surface area contributed by atoms with Crippen molar-refractivity contribution in [2.75, 3.05) is 20.6 Å². The van der Waals surface area contributed by atoms with Crippen LogP contribution in [-0.2, 0) is 15.1 Å². The quantitative estimate of drug-likeness (QED) is 0.851. The zero-order valence-corrected chi connectivity index (χ0v) is 13.8. The Balaban J connectivity index is 2.35. The maximum Gasteiger partial charge on any atom is 0.325 e. The lowest BCUT2D eigenvalue weighted by Gasteiger charge is -2.23. The van der Waals surface area contributed by atoms with Crippen LogP contribution < -0.4 is 5.32 Å². The number of nitrogens with one attached hydrogen (secondary N) is 1. The fourth-order valence-electron chi connectivity index (χ4n) is 2.19. The molecule has 1 aliphatic heterocycles. The largest absolute Gasteiger partial charge is 0.347 e. The number of nitrogens with zero attached hydrogens (tertiary/aromatic N) is 2. The van der Waals surface area contributed by atoms with E-state index in [0.717, 1.165) is 4.90 Å². The summed E-state index contributed by atoms with van der Waals surface area (Å²) in [4.78, 5) is 38.6. The van der Waals surface area contributed by atoms with Crippen LogP contribution in [0.25, 0.3) is 0 Å². The molecule has 1 saturated heterocycles. The van der Waals surface area contributed by atoms with Crippen LogP contribution in [0.1, 0.15) is 12.5 Å². The summed E-state index contributed by atoms with van der Waals surface area (Å²) in [6.45, 7) is 1.22. The highest BCUT2D eigenvalue weighted by Gasteiger charge is 2.50. The first kappa shape index (κ1) is 16.6. The summed E-state index contributed by atoms with van der Waals surface area (Å²) in [6.07, 6.45) is 0. The van der Waals surface area contributed by atoms with E-state index in [1.165, 1.54) is 11.0 Å². The van der Waals surface area contributed by atoms with Crippen molar-refractivity contribution in [1.82, 2.24) is 15.1 Å². The van der Waals surface area contributed by atoms with Crippen LogP contribution in [-0.4, -0.2) is 48.3 Å². The van der Waals surface area contributed by atoms with E-state index < -0.39 is 17.5 Å². The highest BCUT2D eigenvalue weighted by atomic mass is 35.5. The van der Waals surface area contributed by atoms with Gasteiger partial charge in [0.25, 0.3) is 5.91 Å². The summed E-state index contributed by atoms with van der Waals surface area (Å²) in [6, 6.07) is 4.03. The molecule has 1 aliphatic rings. The van der Waals surface area contributed by atoms with E-state index in [1.807, 2.05) is 0 Å². The van der Waals surface area contributed by atoms with Crippen molar-refractivity contribution >= 4 is 41.0 Å². The van der Waals surface area contributed by atoms with E-state index in [4.69, 9.17) is 23.2 Å². The molecule has 0 bridgehead atoms. The molecule has 4 amide bonds. The fraction of sp³-hybridized carbons (Fsp3) is 0.357. The molecule has 0 spiro atoms. The molecule has 1 N–H and O–H groups in total. The molecule has 2 rings (SSSR count).